The van der Waals surface area contributed by atoms with Crippen molar-refractivity contribution in [1.82, 2.24) is 0 Å². The van der Waals surface area contributed by atoms with Gasteiger partial charge in [0.15, 0.2) is 5.69 Å². The van der Waals surface area contributed by atoms with Crippen LogP contribution in [0.15, 0.2) is 158 Å². The molecular weight excluding hydrogens is 1150 g/mol. The highest BCUT2D eigenvalue weighted by molar-refractivity contribution is 7.04. The Labute approximate surface area is 553 Å². The average Bonchev–Trinajstić information content (AvgIpc) is 0.684. The molecule has 0 aromatic heterocycles. The predicted octanol–water partition coefficient (Wildman–Crippen LogP) is 15.3. The molecule has 0 bridgehead atoms. The van der Waals surface area contributed by atoms with Crippen LogP contribution in [0.1, 0.15) is 133 Å². The number of ether oxygens (including phenoxy) is 3. The lowest BCUT2D eigenvalue weighted by Crippen LogP contribution is -2.66. The van der Waals surface area contributed by atoms with Crippen LogP contribution in [0.25, 0.3) is 4.85 Å². The van der Waals surface area contributed by atoms with E-state index in [1.807, 2.05) is 18.2 Å². The number of fused-ring (bicyclic) bond motifs is 12. The lowest BCUT2D eigenvalue weighted by Gasteiger charge is -2.47. The molecule has 0 N–H and O–H groups in total. The first-order chi connectivity index (χ1) is 44.7. The molecule has 6 aliphatic rings. The summed E-state index contributed by atoms with van der Waals surface area (Å²) in [5, 5.41) is 22.5. The van der Waals surface area contributed by atoms with Crippen LogP contribution in [0.3, 0.4) is 0 Å². The molecule has 9 nitrogen and oxygen atoms in total. The number of rotatable bonds is 3. The van der Waals surface area contributed by atoms with E-state index in [0.29, 0.717) is 39.8 Å². The van der Waals surface area contributed by atoms with Crippen molar-refractivity contribution in [1.29, 1.82) is 10.5 Å². The molecule has 0 saturated carbocycles. The standard InChI is InChI=1S/C82H71B3N6O3/c1-45-29-46(2)78(47(3)30-45)91-64-41-63-57(84-60-35-52(81(10,11)12)21-27-69(60)92-72-34-49(44-87)33-68(76(72)84)89(63)55-23-17-50(18-24-55)79(4,5)6)39-58(64)83-59-40-62-71(94-74-38-54(88-16)37-73-77(74)85(62)61-36-53(82(13,14)15)22-28-70(61)93-73)42-65(59)90(56-25-19-51(20-26-56)80(7,8)9)66-31-48(43-86)32-67(91)75(66)83/h17-42H,1-15H3. The van der Waals surface area contributed by atoms with Crippen molar-refractivity contribution in [2.45, 2.75) is 126 Å². The maximum absolute atomic E-state index is 11.5. The minimum absolute atomic E-state index is 0.103. The number of nitriles is 2. The summed E-state index contributed by atoms with van der Waals surface area (Å²) in [6.07, 6.45) is 0. The van der Waals surface area contributed by atoms with Gasteiger partial charge in [0.2, 0.25) is 0 Å². The molecule has 16 rings (SSSR count). The van der Waals surface area contributed by atoms with E-state index in [1.165, 1.54) is 22.3 Å². The van der Waals surface area contributed by atoms with Gasteiger partial charge in [-0.3, -0.25) is 0 Å². The molecule has 10 aromatic carbocycles. The third kappa shape index (κ3) is 8.80. The molecule has 10 aromatic rings. The van der Waals surface area contributed by atoms with E-state index < -0.39 is 6.71 Å². The molecule has 0 saturated heterocycles. The third-order valence-electron chi connectivity index (χ3n) is 20.5. The van der Waals surface area contributed by atoms with Crippen LogP contribution < -0.4 is 78.1 Å². The molecule has 94 heavy (non-hydrogen) atoms. The Morgan fingerprint density at radius 2 is 0.745 bits per heavy atom. The van der Waals surface area contributed by atoms with Gasteiger partial charge in [-0.25, -0.2) is 4.85 Å². The molecule has 0 aliphatic carbocycles. The first kappa shape index (κ1) is 58.7. The quantitative estimate of drug-likeness (QED) is 0.128. The highest BCUT2D eigenvalue weighted by Gasteiger charge is 2.51. The van der Waals surface area contributed by atoms with Gasteiger partial charge in [0.05, 0.1) is 35.5 Å². The van der Waals surface area contributed by atoms with Crippen LogP contribution in [0.5, 0.6) is 34.5 Å². The van der Waals surface area contributed by atoms with Crippen molar-refractivity contribution in [3.05, 3.63) is 219 Å². The Hall–Kier alpha value is -10.3. The van der Waals surface area contributed by atoms with E-state index in [-0.39, 0.29) is 35.1 Å². The summed E-state index contributed by atoms with van der Waals surface area (Å²) in [7, 11) is 0. The molecule has 6 aliphatic heterocycles. The minimum atomic E-state index is -0.419. The van der Waals surface area contributed by atoms with E-state index in [0.717, 1.165) is 129 Å². The maximum Gasteiger partial charge on any atom is 0.260 e. The van der Waals surface area contributed by atoms with Gasteiger partial charge in [0.1, 0.15) is 34.5 Å². The predicted molar refractivity (Wildman–Crippen MR) is 389 cm³/mol. The van der Waals surface area contributed by atoms with Crippen molar-refractivity contribution in [3.63, 3.8) is 0 Å². The smallest absolute Gasteiger partial charge is 0.260 e. The summed E-state index contributed by atoms with van der Waals surface area (Å²) in [6.45, 7) is 40.8. The van der Waals surface area contributed by atoms with E-state index in [2.05, 4.69) is 275 Å². The first-order valence-corrected chi connectivity index (χ1v) is 32.8. The van der Waals surface area contributed by atoms with Crippen LogP contribution in [-0.4, -0.2) is 20.1 Å². The zero-order valence-corrected chi connectivity index (χ0v) is 56.2. The third-order valence-corrected chi connectivity index (χ3v) is 20.5. The van der Waals surface area contributed by atoms with Gasteiger partial charge < -0.3 is 28.9 Å². The Morgan fingerprint density at radius 3 is 1.22 bits per heavy atom. The fraction of sp³-hybridized carbons (Fsp3) is 0.232. The summed E-state index contributed by atoms with van der Waals surface area (Å²) >= 11 is 0. The topological polar surface area (TPSA) is 89.4 Å². The van der Waals surface area contributed by atoms with Gasteiger partial charge in [-0.1, -0.05) is 161 Å². The molecule has 0 atom stereocenters. The minimum Gasteiger partial charge on any atom is -0.460 e. The monoisotopic (exact) mass is 1220 g/mol. The lowest BCUT2D eigenvalue weighted by molar-refractivity contribution is 0.464. The van der Waals surface area contributed by atoms with Crippen molar-refractivity contribution in [3.8, 4) is 46.6 Å². The van der Waals surface area contributed by atoms with E-state index in [1.54, 1.807) is 0 Å². The van der Waals surface area contributed by atoms with Gasteiger partial charge in [0.25, 0.3) is 20.1 Å². The second-order valence-corrected chi connectivity index (χ2v) is 30.9. The zero-order valence-electron chi connectivity index (χ0n) is 56.2. The number of nitrogens with zero attached hydrogens (tertiary/aromatic N) is 6. The van der Waals surface area contributed by atoms with Gasteiger partial charge in [-0.2, -0.15) is 10.5 Å². The van der Waals surface area contributed by atoms with E-state index in [9.17, 15) is 10.5 Å². The first-order valence-electron chi connectivity index (χ1n) is 32.8. The Bertz CT molecular complexity index is 5130. The second kappa shape index (κ2) is 20.1. The zero-order chi connectivity index (χ0) is 65.7. The molecule has 456 valence electrons. The molecule has 0 unspecified atom stereocenters. The van der Waals surface area contributed by atoms with Crippen LogP contribution in [0, 0.1) is 50.0 Å². The van der Waals surface area contributed by atoms with Crippen molar-refractivity contribution < 1.29 is 14.2 Å². The van der Waals surface area contributed by atoms with Crippen molar-refractivity contribution >= 4 is 126 Å². The highest BCUT2D eigenvalue weighted by Crippen LogP contribution is 2.51. The van der Waals surface area contributed by atoms with Crippen molar-refractivity contribution in [2.24, 2.45) is 0 Å². The summed E-state index contributed by atoms with van der Waals surface area (Å²) in [5.74, 6) is 4.08. The maximum atomic E-state index is 11.5. The van der Waals surface area contributed by atoms with Crippen molar-refractivity contribution in [2.75, 3.05) is 14.7 Å². The fourth-order valence-corrected chi connectivity index (χ4v) is 15.9. The van der Waals surface area contributed by atoms with Gasteiger partial charge in [-0.05, 0) is 198 Å². The Balaban J connectivity index is 1.06. The van der Waals surface area contributed by atoms with Gasteiger partial charge >= 0.3 is 0 Å². The molecule has 0 fully saturated rings. The molecule has 6 heterocycles. The molecular formula is C82H71B3N6O3. The summed E-state index contributed by atoms with van der Waals surface area (Å²) in [5.41, 5.74) is 27.0. The largest absolute Gasteiger partial charge is 0.460 e. The number of aryl methyl sites for hydroxylation is 3. The second-order valence-electron chi connectivity index (χ2n) is 30.9. The normalized spacial score (nSPS) is 14.2. The number of benzene rings is 10. The fourth-order valence-electron chi connectivity index (χ4n) is 15.9. The van der Waals surface area contributed by atoms with Crippen LogP contribution in [-0.2, 0) is 21.7 Å². The Morgan fingerprint density at radius 1 is 0.362 bits per heavy atom. The lowest BCUT2D eigenvalue weighted by atomic mass is 9.29. The molecule has 0 amide bonds. The summed E-state index contributed by atoms with van der Waals surface area (Å²) in [6, 6.07) is 62.4. The Kier molecular flexibility index (Phi) is 12.6. The number of hydrogen-bond donors (Lipinski definition) is 0. The van der Waals surface area contributed by atoms with Crippen LogP contribution in [0.2, 0.25) is 0 Å². The van der Waals surface area contributed by atoms with E-state index >= 15 is 0 Å². The SMILES string of the molecule is [C-]#[N+]c1cc2c3c(c1)Oc1cc4c(cc1B3c1cc(C(C)(C)C)ccc1O2)B1c2cc3c(cc2N(c2c(C)cc(C)cc2C)c2cc(C#N)cc(c21)N4c1ccc(C(C)(C)C)cc1)N(c1ccc(C(C)(C)C)cc1)c1cc(C#N)cc2c1B3c1cc(C(C)(C)C)ccc1O2. The summed E-state index contributed by atoms with van der Waals surface area (Å²) in [4.78, 5) is 11.1. The molecule has 0 radical (unpaired) electrons. The van der Waals surface area contributed by atoms with Crippen LogP contribution in [0.4, 0.5) is 56.9 Å². The van der Waals surface area contributed by atoms with Gasteiger partial charge in [0, 0.05) is 57.0 Å². The van der Waals surface area contributed by atoms with Gasteiger partial charge in [-0.15, -0.1) is 0 Å². The summed E-state index contributed by atoms with van der Waals surface area (Å²) < 4.78 is 21.3. The van der Waals surface area contributed by atoms with E-state index in [4.69, 9.17) is 20.8 Å². The number of hydrogen-bond acceptors (Lipinski definition) is 8. The van der Waals surface area contributed by atoms with Crippen LogP contribution >= 0.6 is 0 Å². The highest BCUT2D eigenvalue weighted by atomic mass is 16.5. The molecule has 0 spiro atoms. The number of anilines is 9. The average molecular weight is 1220 g/mol. The molecule has 12 heteroatoms.